The fraction of sp³-hybridized carbons (Fsp3) is 0.350. The molecular formula is C20H18F4N2O3. The van der Waals surface area contributed by atoms with Crippen LogP contribution < -0.4 is 10.1 Å². The molecule has 0 spiro atoms. The van der Waals surface area contributed by atoms with E-state index in [9.17, 15) is 22.4 Å². The molecule has 154 valence electrons. The van der Waals surface area contributed by atoms with Gasteiger partial charge in [0.2, 0.25) is 0 Å². The van der Waals surface area contributed by atoms with Crippen molar-refractivity contribution in [1.82, 2.24) is 10.2 Å². The number of fused-ring (bicyclic) bond motifs is 1. The van der Waals surface area contributed by atoms with Gasteiger partial charge in [0.05, 0.1) is 12.7 Å². The van der Waals surface area contributed by atoms with Crippen LogP contribution in [0.15, 0.2) is 36.4 Å². The molecule has 1 saturated heterocycles. The van der Waals surface area contributed by atoms with Crippen molar-refractivity contribution in [2.75, 3.05) is 19.7 Å². The first kappa shape index (κ1) is 19.7. The zero-order valence-electron chi connectivity index (χ0n) is 15.3. The molecule has 5 nitrogen and oxygen atoms in total. The van der Waals surface area contributed by atoms with Gasteiger partial charge in [-0.05, 0) is 34.9 Å². The van der Waals surface area contributed by atoms with E-state index in [4.69, 9.17) is 4.74 Å². The molecule has 0 aliphatic carbocycles. The van der Waals surface area contributed by atoms with E-state index in [1.807, 2.05) is 17.0 Å². The molecule has 1 unspecified atom stereocenters. The molecule has 4 rings (SSSR count). The van der Waals surface area contributed by atoms with Crippen molar-refractivity contribution < 1.29 is 31.8 Å². The SMILES string of the molecule is O=C1NCc2cc(C3CN(Cc4cc(F)cc(OC(F)(F)F)c4)CCO3)ccc21. The topological polar surface area (TPSA) is 50.8 Å². The Labute approximate surface area is 164 Å². The minimum Gasteiger partial charge on any atom is -0.406 e. The summed E-state index contributed by atoms with van der Waals surface area (Å²) in [7, 11) is 0. The average molecular weight is 410 g/mol. The zero-order chi connectivity index (χ0) is 20.6. The van der Waals surface area contributed by atoms with Crippen molar-refractivity contribution >= 4 is 5.91 Å². The summed E-state index contributed by atoms with van der Waals surface area (Å²) in [6.07, 6.45) is -5.12. The highest BCUT2D eigenvalue weighted by Crippen LogP contribution is 2.29. The standard InChI is InChI=1S/C20H18F4N2O3/c21-15-5-12(6-16(8-15)29-20(22,23)24)10-26-3-4-28-18(11-26)13-1-2-17-14(7-13)9-25-19(17)27/h1-2,5-8,18H,3-4,9-11H2,(H,25,27). The molecule has 1 N–H and O–H groups in total. The Morgan fingerprint density at radius 3 is 2.83 bits per heavy atom. The van der Waals surface area contributed by atoms with Crippen LogP contribution in [0.5, 0.6) is 5.75 Å². The Morgan fingerprint density at radius 1 is 1.21 bits per heavy atom. The summed E-state index contributed by atoms with van der Waals surface area (Å²) in [6.45, 7) is 2.22. The normalized spacial score (nSPS) is 19.7. The molecule has 2 aliphatic heterocycles. The van der Waals surface area contributed by atoms with Crippen LogP contribution in [-0.2, 0) is 17.8 Å². The predicted octanol–water partition coefficient (Wildman–Crippen LogP) is 3.54. The summed E-state index contributed by atoms with van der Waals surface area (Å²) < 4.78 is 60.7. The summed E-state index contributed by atoms with van der Waals surface area (Å²) in [5.41, 5.74) is 2.87. The monoisotopic (exact) mass is 410 g/mol. The molecule has 9 heteroatoms. The van der Waals surface area contributed by atoms with Crippen LogP contribution in [0.2, 0.25) is 0 Å². The van der Waals surface area contributed by atoms with E-state index in [2.05, 4.69) is 10.1 Å². The molecule has 0 radical (unpaired) electrons. The molecule has 2 heterocycles. The maximum atomic E-state index is 13.7. The van der Waals surface area contributed by atoms with E-state index >= 15 is 0 Å². The third kappa shape index (κ3) is 4.68. The van der Waals surface area contributed by atoms with Crippen molar-refractivity contribution in [2.24, 2.45) is 0 Å². The first-order valence-electron chi connectivity index (χ1n) is 9.07. The summed E-state index contributed by atoms with van der Waals surface area (Å²) in [6, 6.07) is 8.63. The maximum Gasteiger partial charge on any atom is 0.573 e. The first-order chi connectivity index (χ1) is 13.8. The van der Waals surface area contributed by atoms with Crippen molar-refractivity contribution in [3.8, 4) is 5.75 Å². The Kier molecular flexibility index (Phi) is 5.18. The van der Waals surface area contributed by atoms with Gasteiger partial charge in [-0.15, -0.1) is 13.2 Å². The largest absolute Gasteiger partial charge is 0.573 e. The fourth-order valence-electron chi connectivity index (χ4n) is 3.66. The van der Waals surface area contributed by atoms with E-state index in [1.54, 1.807) is 6.07 Å². The smallest absolute Gasteiger partial charge is 0.406 e. The molecule has 2 aromatic rings. The number of amides is 1. The first-order valence-corrected chi connectivity index (χ1v) is 9.07. The number of hydrogen-bond acceptors (Lipinski definition) is 4. The second kappa shape index (κ2) is 7.64. The predicted molar refractivity (Wildman–Crippen MR) is 94.7 cm³/mol. The Morgan fingerprint density at radius 2 is 2.03 bits per heavy atom. The molecule has 2 aromatic carbocycles. The molecule has 0 aromatic heterocycles. The van der Waals surface area contributed by atoms with Crippen molar-refractivity contribution in [3.05, 3.63) is 64.5 Å². The van der Waals surface area contributed by atoms with Crippen LogP contribution in [0.25, 0.3) is 0 Å². The number of alkyl halides is 3. The molecule has 0 saturated carbocycles. The highest BCUT2D eigenvalue weighted by molar-refractivity contribution is 5.98. The number of nitrogens with one attached hydrogen (secondary N) is 1. The number of carbonyl (C=O) groups is 1. The molecule has 0 bridgehead atoms. The minimum absolute atomic E-state index is 0.0966. The van der Waals surface area contributed by atoms with E-state index in [0.29, 0.717) is 43.4 Å². The van der Waals surface area contributed by atoms with E-state index in [1.165, 1.54) is 12.1 Å². The zero-order valence-corrected chi connectivity index (χ0v) is 15.3. The van der Waals surface area contributed by atoms with Gasteiger partial charge in [0, 0.05) is 37.8 Å². The Balaban J connectivity index is 1.46. The van der Waals surface area contributed by atoms with Gasteiger partial charge in [-0.25, -0.2) is 4.39 Å². The maximum absolute atomic E-state index is 13.7. The third-order valence-electron chi connectivity index (χ3n) is 4.91. The van der Waals surface area contributed by atoms with Crippen LogP contribution in [0, 0.1) is 5.82 Å². The number of halogens is 4. The van der Waals surface area contributed by atoms with Gasteiger partial charge in [0.1, 0.15) is 11.6 Å². The number of benzene rings is 2. The quantitative estimate of drug-likeness (QED) is 0.784. The lowest BCUT2D eigenvalue weighted by molar-refractivity contribution is -0.274. The molecule has 1 amide bonds. The van der Waals surface area contributed by atoms with Gasteiger partial charge in [0.15, 0.2) is 0 Å². The lowest BCUT2D eigenvalue weighted by atomic mass is 10.0. The lowest BCUT2D eigenvalue weighted by Gasteiger charge is -2.33. The van der Waals surface area contributed by atoms with Gasteiger partial charge in [0.25, 0.3) is 5.91 Å². The molecular weight excluding hydrogens is 392 g/mol. The van der Waals surface area contributed by atoms with Gasteiger partial charge >= 0.3 is 6.36 Å². The van der Waals surface area contributed by atoms with Gasteiger partial charge in [-0.1, -0.05) is 12.1 Å². The van der Waals surface area contributed by atoms with E-state index in [-0.39, 0.29) is 18.6 Å². The average Bonchev–Trinajstić information content (AvgIpc) is 3.00. The van der Waals surface area contributed by atoms with Gasteiger partial charge < -0.3 is 14.8 Å². The van der Waals surface area contributed by atoms with Crippen molar-refractivity contribution in [3.63, 3.8) is 0 Å². The highest BCUT2D eigenvalue weighted by atomic mass is 19.4. The summed E-state index contributed by atoms with van der Waals surface area (Å²) in [5.74, 6) is -1.46. The van der Waals surface area contributed by atoms with Gasteiger partial charge in [-0.2, -0.15) is 0 Å². The molecule has 29 heavy (non-hydrogen) atoms. The number of ether oxygens (including phenoxy) is 2. The highest BCUT2D eigenvalue weighted by Gasteiger charge is 2.31. The Bertz CT molecular complexity index is 932. The van der Waals surface area contributed by atoms with Crippen LogP contribution >= 0.6 is 0 Å². The molecule has 1 atom stereocenters. The number of nitrogens with zero attached hydrogens (tertiary/aromatic N) is 1. The second-order valence-corrected chi connectivity index (χ2v) is 7.04. The number of rotatable bonds is 4. The minimum atomic E-state index is -4.88. The number of hydrogen-bond donors (Lipinski definition) is 1. The second-order valence-electron chi connectivity index (χ2n) is 7.04. The third-order valence-corrected chi connectivity index (χ3v) is 4.91. The summed E-state index contributed by atoms with van der Waals surface area (Å²) >= 11 is 0. The molecule has 2 aliphatic rings. The van der Waals surface area contributed by atoms with E-state index in [0.717, 1.165) is 11.1 Å². The van der Waals surface area contributed by atoms with Gasteiger partial charge in [-0.3, -0.25) is 9.69 Å². The number of carbonyl (C=O) groups excluding carboxylic acids is 1. The van der Waals surface area contributed by atoms with Crippen LogP contribution in [0.4, 0.5) is 17.6 Å². The van der Waals surface area contributed by atoms with Crippen LogP contribution in [0.1, 0.15) is 33.2 Å². The van der Waals surface area contributed by atoms with E-state index < -0.39 is 17.9 Å². The molecule has 1 fully saturated rings. The van der Waals surface area contributed by atoms with Crippen LogP contribution in [0.3, 0.4) is 0 Å². The van der Waals surface area contributed by atoms with Crippen molar-refractivity contribution in [2.45, 2.75) is 25.6 Å². The Hall–Kier alpha value is -2.65. The van der Waals surface area contributed by atoms with Crippen molar-refractivity contribution in [1.29, 1.82) is 0 Å². The fourth-order valence-corrected chi connectivity index (χ4v) is 3.66. The summed E-state index contributed by atoms with van der Waals surface area (Å²) in [4.78, 5) is 13.7. The van der Waals surface area contributed by atoms with Crippen LogP contribution in [-0.4, -0.2) is 36.9 Å². The number of morpholine rings is 1. The lowest BCUT2D eigenvalue weighted by Crippen LogP contribution is -2.37. The summed E-state index contributed by atoms with van der Waals surface area (Å²) in [5, 5.41) is 2.77.